The first-order chi connectivity index (χ1) is 9.46. The second-order valence-electron chi connectivity index (χ2n) is 4.71. The highest BCUT2D eigenvalue weighted by molar-refractivity contribution is 7.92. The Morgan fingerprint density at radius 3 is 2.50 bits per heavy atom. The van der Waals surface area contributed by atoms with Crippen molar-refractivity contribution in [3.05, 3.63) is 42.5 Å². The Bertz CT molecular complexity index is 920. The molecule has 0 unspecified atom stereocenters. The summed E-state index contributed by atoms with van der Waals surface area (Å²) < 4.78 is 27.4. The van der Waals surface area contributed by atoms with Crippen LogP contribution < -0.4 is 9.29 Å². The number of fused-ring (bicyclic) bond motifs is 2. The van der Waals surface area contributed by atoms with Crippen LogP contribution in [0.2, 0.25) is 0 Å². The molecule has 1 heterocycles. The van der Waals surface area contributed by atoms with Crippen LogP contribution in [0.15, 0.2) is 42.5 Å². The highest BCUT2D eigenvalue weighted by atomic mass is 32.2. The standard InChI is InChI=1S/C14H13N3O2S/c1-17-12-8-4-3-6-10(12)15-14-11(16-20(2,18)19)7-5-9-13(14)17/h3-9H,1-2H3/p+1. The number of sulfonamides is 1. The van der Waals surface area contributed by atoms with Crippen LogP contribution in [0, 0.1) is 0 Å². The number of nitrogens with zero attached hydrogens (tertiary/aromatic N) is 2. The number of nitrogens with one attached hydrogen (secondary N) is 1. The van der Waals surface area contributed by atoms with E-state index in [9.17, 15) is 8.42 Å². The summed E-state index contributed by atoms with van der Waals surface area (Å²) in [5, 5.41) is 0. The molecule has 3 rings (SSSR count). The number of hydrogen-bond donors (Lipinski definition) is 1. The van der Waals surface area contributed by atoms with Crippen LogP contribution in [0.3, 0.4) is 0 Å². The van der Waals surface area contributed by atoms with Crippen molar-refractivity contribution < 1.29 is 13.0 Å². The average molecular weight is 288 g/mol. The number of aryl methyl sites for hydroxylation is 1. The molecule has 0 aliphatic carbocycles. The first kappa shape index (κ1) is 12.8. The van der Waals surface area contributed by atoms with Gasteiger partial charge in [0.2, 0.25) is 21.1 Å². The van der Waals surface area contributed by atoms with Crippen LogP contribution in [0.1, 0.15) is 0 Å². The minimum absolute atomic E-state index is 0.492. The predicted octanol–water partition coefficient (Wildman–Crippen LogP) is 1.58. The van der Waals surface area contributed by atoms with Gasteiger partial charge in [-0.15, -0.1) is 0 Å². The van der Waals surface area contributed by atoms with E-state index in [1.165, 1.54) is 0 Å². The van der Waals surface area contributed by atoms with E-state index in [0.29, 0.717) is 11.2 Å². The van der Waals surface area contributed by atoms with Gasteiger partial charge in [-0.1, -0.05) is 18.2 Å². The van der Waals surface area contributed by atoms with Gasteiger partial charge in [-0.2, -0.15) is 4.57 Å². The minimum atomic E-state index is -3.33. The number of aromatic nitrogens is 2. The molecule has 1 N–H and O–H groups in total. The zero-order valence-electron chi connectivity index (χ0n) is 11.2. The lowest BCUT2D eigenvalue weighted by Gasteiger charge is -2.07. The number of hydrogen-bond acceptors (Lipinski definition) is 3. The Labute approximate surface area is 116 Å². The maximum atomic E-state index is 11.4. The average Bonchev–Trinajstić information content (AvgIpc) is 2.39. The third-order valence-electron chi connectivity index (χ3n) is 3.15. The van der Waals surface area contributed by atoms with E-state index in [2.05, 4.69) is 9.71 Å². The van der Waals surface area contributed by atoms with Gasteiger partial charge in [0.15, 0.2) is 5.52 Å². The highest BCUT2D eigenvalue weighted by Crippen LogP contribution is 2.22. The number of para-hydroxylation sites is 3. The van der Waals surface area contributed by atoms with Crippen molar-refractivity contribution in [1.82, 2.24) is 4.98 Å². The molecule has 0 radical (unpaired) electrons. The van der Waals surface area contributed by atoms with E-state index in [0.717, 1.165) is 22.8 Å². The van der Waals surface area contributed by atoms with Gasteiger partial charge < -0.3 is 0 Å². The van der Waals surface area contributed by atoms with E-state index in [1.54, 1.807) is 6.07 Å². The summed E-state index contributed by atoms with van der Waals surface area (Å²) in [6, 6.07) is 13.2. The molecule has 0 amide bonds. The fourth-order valence-corrected chi connectivity index (χ4v) is 2.86. The van der Waals surface area contributed by atoms with E-state index >= 15 is 0 Å². The summed E-state index contributed by atoms with van der Waals surface area (Å²) in [5.74, 6) is 0. The van der Waals surface area contributed by atoms with Crippen LogP contribution in [0.25, 0.3) is 22.1 Å². The number of benzene rings is 2. The lowest BCUT2D eigenvalue weighted by molar-refractivity contribution is -0.617. The van der Waals surface area contributed by atoms with Crippen LogP contribution in [-0.2, 0) is 17.1 Å². The fraction of sp³-hybridized carbons (Fsp3) is 0.143. The van der Waals surface area contributed by atoms with E-state index in [-0.39, 0.29) is 0 Å². The molecule has 0 fully saturated rings. The quantitative estimate of drug-likeness (QED) is 0.575. The summed E-state index contributed by atoms with van der Waals surface area (Å²) in [7, 11) is -1.39. The van der Waals surface area contributed by atoms with Crippen molar-refractivity contribution in [2.45, 2.75) is 0 Å². The van der Waals surface area contributed by atoms with Gasteiger partial charge in [0.1, 0.15) is 12.6 Å². The smallest absolute Gasteiger partial charge is 0.233 e. The third-order valence-corrected chi connectivity index (χ3v) is 3.74. The Balaban J connectivity index is 2.40. The summed E-state index contributed by atoms with van der Waals surface area (Å²) >= 11 is 0. The molecule has 2 aromatic carbocycles. The van der Waals surface area contributed by atoms with Gasteiger partial charge in [-0.05, 0) is 12.1 Å². The molecule has 0 bridgehead atoms. The van der Waals surface area contributed by atoms with Gasteiger partial charge >= 0.3 is 0 Å². The molecular weight excluding hydrogens is 274 g/mol. The number of anilines is 1. The molecule has 0 saturated carbocycles. The summed E-state index contributed by atoms with van der Waals surface area (Å²) in [4.78, 5) is 4.57. The second kappa shape index (κ2) is 4.42. The Morgan fingerprint density at radius 2 is 1.75 bits per heavy atom. The van der Waals surface area contributed by atoms with Crippen molar-refractivity contribution in [3.63, 3.8) is 0 Å². The Kier molecular flexibility index (Phi) is 2.83. The molecule has 0 aliphatic heterocycles. The monoisotopic (exact) mass is 288 g/mol. The molecule has 0 atom stereocenters. The Morgan fingerprint density at radius 1 is 1.05 bits per heavy atom. The highest BCUT2D eigenvalue weighted by Gasteiger charge is 2.16. The first-order valence-electron chi connectivity index (χ1n) is 6.11. The minimum Gasteiger partial charge on any atom is -0.281 e. The second-order valence-corrected chi connectivity index (χ2v) is 6.46. The Hall–Kier alpha value is -2.21. The molecule has 0 aliphatic rings. The van der Waals surface area contributed by atoms with Crippen LogP contribution in [-0.4, -0.2) is 19.7 Å². The normalized spacial score (nSPS) is 11.9. The maximum absolute atomic E-state index is 11.4. The molecule has 102 valence electrons. The zero-order valence-corrected chi connectivity index (χ0v) is 12.0. The zero-order chi connectivity index (χ0) is 14.3. The molecular formula is C14H14N3O2S+. The molecule has 5 nitrogen and oxygen atoms in total. The summed E-state index contributed by atoms with van der Waals surface area (Å²) in [6.07, 6.45) is 1.13. The summed E-state index contributed by atoms with van der Waals surface area (Å²) in [6.45, 7) is 0. The lowest BCUT2D eigenvalue weighted by atomic mass is 10.2. The van der Waals surface area contributed by atoms with Crippen LogP contribution >= 0.6 is 0 Å². The van der Waals surface area contributed by atoms with Crippen LogP contribution in [0.4, 0.5) is 5.69 Å². The molecule has 6 heteroatoms. The first-order valence-corrected chi connectivity index (χ1v) is 8.00. The molecule has 3 aromatic rings. The fourth-order valence-electron chi connectivity index (χ4n) is 2.29. The van der Waals surface area contributed by atoms with Crippen molar-refractivity contribution in [3.8, 4) is 0 Å². The van der Waals surface area contributed by atoms with Gasteiger partial charge in [-0.3, -0.25) is 4.72 Å². The van der Waals surface area contributed by atoms with Gasteiger partial charge in [0, 0.05) is 12.1 Å². The van der Waals surface area contributed by atoms with Crippen molar-refractivity contribution in [1.29, 1.82) is 0 Å². The molecule has 20 heavy (non-hydrogen) atoms. The van der Waals surface area contributed by atoms with E-state index < -0.39 is 10.0 Å². The lowest BCUT2D eigenvalue weighted by Crippen LogP contribution is -2.30. The van der Waals surface area contributed by atoms with Crippen molar-refractivity contribution in [2.75, 3.05) is 11.0 Å². The largest absolute Gasteiger partial charge is 0.281 e. The van der Waals surface area contributed by atoms with Crippen molar-refractivity contribution >= 4 is 37.8 Å². The van der Waals surface area contributed by atoms with Gasteiger partial charge in [0.25, 0.3) is 0 Å². The number of rotatable bonds is 2. The SMILES string of the molecule is C[n+]1c2ccccc2nc2c(NS(C)(=O)=O)cccc21. The maximum Gasteiger partial charge on any atom is 0.233 e. The van der Waals surface area contributed by atoms with Crippen LogP contribution in [0.5, 0.6) is 0 Å². The molecule has 1 aromatic heterocycles. The van der Waals surface area contributed by atoms with E-state index in [4.69, 9.17) is 0 Å². The van der Waals surface area contributed by atoms with E-state index in [1.807, 2.05) is 48.0 Å². The van der Waals surface area contributed by atoms with Gasteiger partial charge in [-0.25, -0.2) is 13.4 Å². The molecule has 0 saturated heterocycles. The van der Waals surface area contributed by atoms with Gasteiger partial charge in [0.05, 0.1) is 11.9 Å². The summed E-state index contributed by atoms with van der Waals surface area (Å²) in [5.41, 5.74) is 3.82. The van der Waals surface area contributed by atoms with Crippen molar-refractivity contribution in [2.24, 2.45) is 7.05 Å². The third kappa shape index (κ3) is 2.18. The molecule has 0 spiro atoms. The topological polar surface area (TPSA) is 62.9 Å². The predicted molar refractivity (Wildman–Crippen MR) is 78.9 cm³/mol.